The highest BCUT2D eigenvalue weighted by molar-refractivity contribution is 5.38. The van der Waals surface area contributed by atoms with Crippen LogP contribution in [0.1, 0.15) is 11.9 Å². The maximum Gasteiger partial charge on any atom is 0.156 e. The Bertz CT molecular complexity index is 378. The number of aromatic nitrogens is 3. The first kappa shape index (κ1) is 8.12. The minimum atomic E-state index is -1.21. The Morgan fingerprint density at radius 2 is 2.46 bits per heavy atom. The lowest BCUT2D eigenvalue weighted by molar-refractivity contribution is 0.344. The zero-order valence-corrected chi connectivity index (χ0v) is 6.89. The molecular weight excluding hydrogens is 171 g/mol. The zero-order valence-electron chi connectivity index (χ0n) is 6.89. The van der Waals surface area contributed by atoms with Crippen molar-refractivity contribution in [2.75, 3.05) is 6.54 Å². The van der Waals surface area contributed by atoms with Gasteiger partial charge in [-0.1, -0.05) is 0 Å². The van der Waals surface area contributed by atoms with Crippen molar-refractivity contribution < 1.29 is 4.39 Å². The smallest absolute Gasteiger partial charge is 0.156 e. The first-order valence-electron chi connectivity index (χ1n) is 3.95. The molecule has 1 unspecified atom stereocenters. The minimum Gasteiger partial charge on any atom is -0.327 e. The van der Waals surface area contributed by atoms with Crippen LogP contribution in [0.4, 0.5) is 4.39 Å². The van der Waals surface area contributed by atoms with Gasteiger partial charge in [0.2, 0.25) is 0 Å². The van der Waals surface area contributed by atoms with Crippen LogP contribution in [-0.4, -0.2) is 21.1 Å². The van der Waals surface area contributed by atoms with Crippen LogP contribution in [0.5, 0.6) is 0 Å². The van der Waals surface area contributed by atoms with Crippen LogP contribution in [0.15, 0.2) is 24.5 Å². The summed E-state index contributed by atoms with van der Waals surface area (Å²) in [7, 11) is 0. The molecule has 2 aromatic heterocycles. The predicted octanol–water partition coefficient (Wildman–Crippen LogP) is 0.699. The van der Waals surface area contributed by atoms with Crippen molar-refractivity contribution >= 4 is 5.65 Å². The Hall–Kier alpha value is -1.49. The lowest BCUT2D eigenvalue weighted by Gasteiger charge is -1.97. The van der Waals surface area contributed by atoms with Gasteiger partial charge in [0.1, 0.15) is 5.69 Å². The van der Waals surface area contributed by atoms with E-state index in [0.717, 1.165) is 0 Å². The summed E-state index contributed by atoms with van der Waals surface area (Å²) in [4.78, 5) is 4.01. The lowest BCUT2D eigenvalue weighted by atomic mass is 10.3. The topological polar surface area (TPSA) is 56.2 Å². The SMILES string of the molecule is NCC(F)c1cc2ncccn2n1. The molecule has 2 aromatic rings. The molecule has 0 bridgehead atoms. The van der Waals surface area contributed by atoms with Crippen LogP contribution in [-0.2, 0) is 0 Å². The molecule has 0 aliphatic heterocycles. The molecular formula is C8H9FN4. The Morgan fingerprint density at radius 3 is 3.15 bits per heavy atom. The summed E-state index contributed by atoms with van der Waals surface area (Å²) in [5, 5.41) is 3.98. The van der Waals surface area contributed by atoms with Crippen molar-refractivity contribution in [1.29, 1.82) is 0 Å². The van der Waals surface area contributed by atoms with E-state index >= 15 is 0 Å². The van der Waals surface area contributed by atoms with Crippen molar-refractivity contribution in [3.8, 4) is 0 Å². The molecule has 13 heavy (non-hydrogen) atoms. The van der Waals surface area contributed by atoms with Crippen LogP contribution >= 0.6 is 0 Å². The first-order chi connectivity index (χ1) is 6.31. The fourth-order valence-corrected chi connectivity index (χ4v) is 1.12. The molecule has 0 aliphatic rings. The van der Waals surface area contributed by atoms with E-state index in [2.05, 4.69) is 10.1 Å². The second-order valence-corrected chi connectivity index (χ2v) is 2.69. The fraction of sp³-hybridized carbons (Fsp3) is 0.250. The molecule has 0 saturated carbocycles. The van der Waals surface area contributed by atoms with Gasteiger partial charge < -0.3 is 5.73 Å². The molecule has 0 amide bonds. The molecule has 2 N–H and O–H groups in total. The monoisotopic (exact) mass is 180 g/mol. The number of hydrogen-bond acceptors (Lipinski definition) is 3. The molecule has 0 saturated heterocycles. The molecule has 68 valence electrons. The van der Waals surface area contributed by atoms with E-state index in [1.54, 1.807) is 24.5 Å². The van der Waals surface area contributed by atoms with Crippen LogP contribution < -0.4 is 5.73 Å². The Labute approximate surface area is 74.2 Å². The first-order valence-corrected chi connectivity index (χ1v) is 3.95. The molecule has 0 aliphatic carbocycles. The quantitative estimate of drug-likeness (QED) is 0.740. The largest absolute Gasteiger partial charge is 0.327 e. The number of fused-ring (bicyclic) bond motifs is 1. The van der Waals surface area contributed by atoms with Crippen molar-refractivity contribution in [1.82, 2.24) is 14.6 Å². The molecule has 4 nitrogen and oxygen atoms in total. The Kier molecular flexibility index (Phi) is 1.94. The van der Waals surface area contributed by atoms with E-state index in [1.807, 2.05) is 0 Å². The minimum absolute atomic E-state index is 0.0517. The predicted molar refractivity (Wildman–Crippen MR) is 45.9 cm³/mol. The number of hydrogen-bond donors (Lipinski definition) is 1. The lowest BCUT2D eigenvalue weighted by Crippen LogP contribution is -2.08. The molecule has 1 atom stereocenters. The summed E-state index contributed by atoms with van der Waals surface area (Å²) < 4.78 is 14.6. The summed E-state index contributed by atoms with van der Waals surface area (Å²) in [5.41, 5.74) is 6.15. The molecule has 2 heterocycles. The Morgan fingerprint density at radius 1 is 1.62 bits per heavy atom. The standard InChI is InChI=1S/C8H9FN4/c9-6(5-10)7-4-8-11-2-1-3-13(8)12-7/h1-4,6H,5,10H2. The summed E-state index contributed by atoms with van der Waals surface area (Å²) in [5.74, 6) is 0. The molecule has 5 heteroatoms. The highest BCUT2D eigenvalue weighted by atomic mass is 19.1. The molecule has 0 fully saturated rings. The third-order valence-corrected chi connectivity index (χ3v) is 1.78. The maximum absolute atomic E-state index is 13.1. The molecule has 0 radical (unpaired) electrons. The summed E-state index contributed by atoms with van der Waals surface area (Å²) in [6.45, 7) is -0.0517. The van der Waals surface area contributed by atoms with Gasteiger partial charge in [-0.25, -0.2) is 13.9 Å². The van der Waals surface area contributed by atoms with Crippen molar-refractivity contribution in [3.05, 3.63) is 30.2 Å². The van der Waals surface area contributed by atoms with Gasteiger partial charge in [-0.2, -0.15) is 5.10 Å². The van der Waals surface area contributed by atoms with E-state index in [9.17, 15) is 4.39 Å². The number of halogens is 1. The van der Waals surface area contributed by atoms with E-state index in [0.29, 0.717) is 11.3 Å². The van der Waals surface area contributed by atoms with Gasteiger partial charge in [-0.15, -0.1) is 0 Å². The summed E-state index contributed by atoms with van der Waals surface area (Å²) >= 11 is 0. The summed E-state index contributed by atoms with van der Waals surface area (Å²) in [6.07, 6.45) is 2.15. The van der Waals surface area contributed by atoms with Crippen molar-refractivity contribution in [2.24, 2.45) is 5.73 Å². The van der Waals surface area contributed by atoms with E-state index < -0.39 is 6.17 Å². The van der Waals surface area contributed by atoms with Gasteiger partial charge in [-0.05, 0) is 6.07 Å². The highest BCUT2D eigenvalue weighted by Gasteiger charge is 2.11. The normalized spacial score (nSPS) is 13.4. The number of alkyl halides is 1. The van der Waals surface area contributed by atoms with Crippen molar-refractivity contribution in [2.45, 2.75) is 6.17 Å². The molecule has 2 rings (SSSR count). The number of nitrogens with zero attached hydrogens (tertiary/aromatic N) is 3. The highest BCUT2D eigenvalue weighted by Crippen LogP contribution is 2.14. The fourth-order valence-electron chi connectivity index (χ4n) is 1.12. The van der Waals surface area contributed by atoms with Gasteiger partial charge in [0.05, 0.1) is 0 Å². The van der Waals surface area contributed by atoms with Gasteiger partial charge >= 0.3 is 0 Å². The zero-order chi connectivity index (χ0) is 9.26. The second-order valence-electron chi connectivity index (χ2n) is 2.69. The average Bonchev–Trinajstić information content (AvgIpc) is 2.59. The number of nitrogens with two attached hydrogens (primary N) is 1. The second kappa shape index (κ2) is 3.10. The third kappa shape index (κ3) is 1.38. The molecule has 0 aromatic carbocycles. The molecule has 0 spiro atoms. The van der Waals surface area contributed by atoms with Gasteiger partial charge in [0.15, 0.2) is 11.8 Å². The van der Waals surface area contributed by atoms with E-state index in [1.165, 1.54) is 4.52 Å². The van der Waals surface area contributed by atoms with Crippen LogP contribution in [0, 0.1) is 0 Å². The van der Waals surface area contributed by atoms with Gasteiger partial charge in [-0.3, -0.25) is 0 Å². The Balaban J connectivity index is 2.49. The number of rotatable bonds is 2. The van der Waals surface area contributed by atoms with Crippen LogP contribution in [0.3, 0.4) is 0 Å². The van der Waals surface area contributed by atoms with E-state index in [-0.39, 0.29) is 6.54 Å². The average molecular weight is 180 g/mol. The van der Waals surface area contributed by atoms with Crippen LogP contribution in [0.2, 0.25) is 0 Å². The van der Waals surface area contributed by atoms with Crippen LogP contribution in [0.25, 0.3) is 5.65 Å². The van der Waals surface area contributed by atoms with Gasteiger partial charge in [0, 0.05) is 25.0 Å². The summed E-state index contributed by atoms with van der Waals surface area (Å²) in [6, 6.07) is 3.33. The third-order valence-electron chi connectivity index (χ3n) is 1.78. The maximum atomic E-state index is 13.1. The van der Waals surface area contributed by atoms with Crippen molar-refractivity contribution in [3.63, 3.8) is 0 Å². The van der Waals surface area contributed by atoms with Gasteiger partial charge in [0.25, 0.3) is 0 Å². The van der Waals surface area contributed by atoms with E-state index in [4.69, 9.17) is 5.73 Å².